The molecule has 1 amide bonds. The Morgan fingerprint density at radius 1 is 1.10 bits per heavy atom. The number of carbonyl (C=O) groups is 1. The molecule has 3 aromatic heterocycles. The third-order valence-electron chi connectivity index (χ3n) is 8.99. The Hall–Kier alpha value is -4.38. The first-order valence-corrected chi connectivity index (χ1v) is 17.3. The summed E-state index contributed by atoms with van der Waals surface area (Å²) in [6.45, 7) is 7.40. The maximum atomic E-state index is 12.8. The van der Waals surface area contributed by atoms with Crippen molar-refractivity contribution >= 4 is 22.9 Å². The molecule has 16 heteroatoms. The Labute approximate surface area is 285 Å². The number of nitrogens with two attached hydrogens (primary N) is 3. The Balaban J connectivity index is 0.992. The molecule has 5 rings (SSSR count). The smallest absolute Gasteiger partial charge is 0.328 e. The number of hydrogen-bond acceptors (Lipinski definition) is 12. The van der Waals surface area contributed by atoms with Gasteiger partial charge < -0.3 is 26.5 Å². The highest BCUT2D eigenvalue weighted by atomic mass is 16.6. The van der Waals surface area contributed by atoms with Crippen molar-refractivity contribution in [2.24, 2.45) is 17.5 Å². The lowest BCUT2D eigenvalue weighted by molar-refractivity contribution is -0.122. The van der Waals surface area contributed by atoms with Gasteiger partial charge in [-0.1, -0.05) is 42.8 Å². The molecule has 4 heterocycles. The maximum Gasteiger partial charge on any atom is 0.328 e. The summed E-state index contributed by atoms with van der Waals surface area (Å²) in [5, 5.41) is 11.0. The number of aromatic amines is 1. The lowest BCUT2D eigenvalue weighted by atomic mass is 9.93. The number of H-pyrrole nitrogens is 1. The van der Waals surface area contributed by atoms with Crippen molar-refractivity contribution in [2.75, 3.05) is 32.0 Å². The fourth-order valence-corrected chi connectivity index (χ4v) is 6.07. The molecule has 0 bridgehead atoms. The number of likely N-dealkylation sites (tertiary alicyclic amines) is 1. The number of nitrogens with one attached hydrogen (secondary N) is 2. The van der Waals surface area contributed by atoms with Gasteiger partial charge in [-0.25, -0.2) is 10.7 Å². The number of nitrogen functional groups attached to an aromatic ring is 1. The molecular formula is C33H50N12O4. The number of piperidine rings is 1. The number of unbranched alkanes of at least 4 members (excludes halogenated alkanes) is 2. The van der Waals surface area contributed by atoms with Crippen LogP contribution in [0.2, 0.25) is 0 Å². The molecular weight excluding hydrogens is 628 g/mol. The number of ether oxygens (including phenoxy) is 1. The van der Waals surface area contributed by atoms with Crippen molar-refractivity contribution in [2.45, 2.75) is 90.6 Å². The van der Waals surface area contributed by atoms with Crippen molar-refractivity contribution < 1.29 is 14.4 Å². The van der Waals surface area contributed by atoms with Gasteiger partial charge >= 0.3 is 11.7 Å². The minimum atomic E-state index is -0.510. The number of aromatic nitrogens is 7. The number of benzene rings is 1. The van der Waals surface area contributed by atoms with E-state index in [0.717, 1.165) is 70.1 Å². The molecule has 0 spiro atoms. The lowest BCUT2D eigenvalue weighted by Crippen LogP contribution is -2.41. The van der Waals surface area contributed by atoms with E-state index in [1.54, 1.807) is 15.4 Å². The number of anilines is 1. The predicted molar refractivity (Wildman–Crippen MR) is 185 cm³/mol. The van der Waals surface area contributed by atoms with E-state index in [2.05, 4.69) is 71.5 Å². The van der Waals surface area contributed by atoms with Crippen LogP contribution in [0.15, 0.2) is 35.3 Å². The van der Waals surface area contributed by atoms with Crippen molar-refractivity contribution in [3.05, 3.63) is 57.8 Å². The Kier molecular flexibility index (Phi) is 13.1. The number of fused-ring (bicyclic) bond motifs is 1. The second-order valence-electron chi connectivity index (χ2n) is 12.8. The third-order valence-corrected chi connectivity index (χ3v) is 8.99. The van der Waals surface area contributed by atoms with E-state index >= 15 is 0 Å². The van der Waals surface area contributed by atoms with Crippen LogP contribution in [0.3, 0.4) is 0 Å². The summed E-state index contributed by atoms with van der Waals surface area (Å²) < 4.78 is 8.95. The van der Waals surface area contributed by atoms with Gasteiger partial charge in [-0.3, -0.25) is 23.8 Å². The van der Waals surface area contributed by atoms with Crippen LogP contribution in [0, 0.1) is 5.92 Å². The van der Waals surface area contributed by atoms with Gasteiger partial charge in [0.1, 0.15) is 17.8 Å². The number of rotatable bonds is 19. The quantitative estimate of drug-likeness (QED) is 0.0708. The summed E-state index contributed by atoms with van der Waals surface area (Å²) in [6.07, 6.45) is 9.12. The van der Waals surface area contributed by atoms with Crippen molar-refractivity contribution in [1.82, 2.24) is 44.7 Å². The Bertz CT molecular complexity index is 1680. The van der Waals surface area contributed by atoms with Crippen LogP contribution in [0.25, 0.3) is 11.2 Å². The molecule has 1 saturated heterocycles. The molecule has 16 nitrogen and oxygen atoms in total. The van der Waals surface area contributed by atoms with E-state index in [0.29, 0.717) is 55.4 Å². The Morgan fingerprint density at radius 3 is 2.59 bits per heavy atom. The van der Waals surface area contributed by atoms with Gasteiger partial charge in [0.05, 0.1) is 25.4 Å². The normalized spacial score (nSPS) is 14.8. The van der Waals surface area contributed by atoms with Crippen LogP contribution in [-0.4, -0.2) is 77.6 Å². The minimum absolute atomic E-state index is 0.0860. The van der Waals surface area contributed by atoms with Crippen LogP contribution >= 0.6 is 0 Å². The van der Waals surface area contributed by atoms with E-state index in [1.165, 1.54) is 5.56 Å². The molecule has 266 valence electrons. The first-order chi connectivity index (χ1) is 23.8. The van der Waals surface area contributed by atoms with Crippen LogP contribution < -0.4 is 33.1 Å². The standard InChI is InChI=1S/C33H50N12O4/c1-2-3-18-48-32-39-29(35)28-30(40-32)45(33(47)38-28)20-25-9-7-24(8-10-25)19-43-16-12-23(13-17-43)11-14-37-31(46)27(34)6-4-5-15-44-21-26(22-49-36)41-42-44/h7-10,21,23,27H,2-6,11-20,22,34,36H2,1H3,(H,37,46)(H,38,47)(H2,35,39,40)/t27-/m1/s1. The van der Waals surface area contributed by atoms with Crippen LogP contribution in [-0.2, 0) is 35.9 Å². The monoisotopic (exact) mass is 678 g/mol. The van der Waals surface area contributed by atoms with Gasteiger partial charge in [0.2, 0.25) is 5.91 Å². The number of amides is 1. The molecule has 8 N–H and O–H groups in total. The number of nitrogens with zero attached hydrogens (tertiary/aromatic N) is 7. The summed E-state index contributed by atoms with van der Waals surface area (Å²) in [7, 11) is 0. The van der Waals surface area contributed by atoms with Crippen molar-refractivity contribution in [3.63, 3.8) is 0 Å². The molecule has 1 atom stereocenters. The maximum absolute atomic E-state index is 12.8. The Morgan fingerprint density at radius 2 is 1.86 bits per heavy atom. The SMILES string of the molecule is CCCCOc1nc(N)c2[nH]c(=O)n(Cc3ccc(CN4CCC(CCNC(=O)[C@H](N)CCCCn5cc(CON)nn5)CC4)cc3)c2n1. The number of imidazole rings is 1. The number of hydrogen-bond donors (Lipinski definition) is 5. The topological polar surface area (TPSA) is 223 Å². The fourth-order valence-electron chi connectivity index (χ4n) is 6.07. The second kappa shape index (κ2) is 17.9. The molecule has 1 aromatic carbocycles. The molecule has 0 radical (unpaired) electrons. The van der Waals surface area contributed by atoms with Crippen molar-refractivity contribution in [1.29, 1.82) is 0 Å². The average Bonchev–Trinajstić information content (AvgIpc) is 3.68. The zero-order valence-electron chi connectivity index (χ0n) is 28.4. The fraction of sp³-hybridized carbons (Fsp3) is 0.576. The largest absolute Gasteiger partial charge is 0.463 e. The summed E-state index contributed by atoms with van der Waals surface area (Å²) in [5.74, 6) is 5.75. The van der Waals surface area contributed by atoms with E-state index in [-0.39, 0.29) is 30.0 Å². The van der Waals surface area contributed by atoms with Gasteiger partial charge in [-0.15, -0.1) is 5.10 Å². The highest BCUT2D eigenvalue weighted by Gasteiger charge is 2.21. The molecule has 1 aliphatic rings. The van der Waals surface area contributed by atoms with Crippen LogP contribution in [0.4, 0.5) is 5.82 Å². The van der Waals surface area contributed by atoms with Gasteiger partial charge in [0.15, 0.2) is 11.5 Å². The molecule has 0 aliphatic carbocycles. The highest BCUT2D eigenvalue weighted by Crippen LogP contribution is 2.22. The van der Waals surface area contributed by atoms with Crippen molar-refractivity contribution in [3.8, 4) is 6.01 Å². The van der Waals surface area contributed by atoms with Gasteiger partial charge in [-0.2, -0.15) is 9.97 Å². The van der Waals surface area contributed by atoms with Gasteiger partial charge in [-0.05, 0) is 75.1 Å². The third kappa shape index (κ3) is 10.3. The predicted octanol–water partition coefficient (Wildman–Crippen LogP) is 1.83. The average molecular weight is 679 g/mol. The molecule has 4 aromatic rings. The number of carbonyl (C=O) groups excluding carboxylic acids is 1. The molecule has 0 saturated carbocycles. The zero-order valence-corrected chi connectivity index (χ0v) is 28.4. The summed E-state index contributed by atoms with van der Waals surface area (Å²) >= 11 is 0. The summed E-state index contributed by atoms with van der Waals surface area (Å²) in [5.41, 5.74) is 15.7. The molecule has 1 aliphatic heterocycles. The molecule has 49 heavy (non-hydrogen) atoms. The van der Waals surface area contributed by atoms with Gasteiger partial charge in [0.25, 0.3) is 0 Å². The molecule has 1 fully saturated rings. The summed E-state index contributed by atoms with van der Waals surface area (Å²) in [6, 6.07) is 8.00. The second-order valence-corrected chi connectivity index (χ2v) is 12.8. The molecule has 0 unspecified atom stereocenters. The zero-order chi connectivity index (χ0) is 34.6. The lowest BCUT2D eigenvalue weighted by Gasteiger charge is -2.32. The number of aryl methyl sites for hydroxylation is 1. The minimum Gasteiger partial charge on any atom is -0.463 e. The van der Waals surface area contributed by atoms with E-state index in [1.807, 2.05) is 0 Å². The van der Waals surface area contributed by atoms with E-state index in [4.69, 9.17) is 22.1 Å². The van der Waals surface area contributed by atoms with E-state index < -0.39 is 6.04 Å². The van der Waals surface area contributed by atoms with E-state index in [9.17, 15) is 9.59 Å². The van der Waals surface area contributed by atoms with Gasteiger partial charge in [0, 0.05) is 19.6 Å². The van der Waals surface area contributed by atoms with Crippen LogP contribution in [0.5, 0.6) is 6.01 Å². The van der Waals surface area contributed by atoms with Crippen LogP contribution in [0.1, 0.15) is 75.1 Å². The first-order valence-electron chi connectivity index (χ1n) is 17.3. The first kappa shape index (κ1) is 35.9. The highest BCUT2D eigenvalue weighted by molar-refractivity contribution is 5.82. The summed E-state index contributed by atoms with van der Waals surface area (Å²) in [4.78, 5) is 43.7.